The third-order valence-electron chi connectivity index (χ3n) is 5.34. The summed E-state index contributed by atoms with van der Waals surface area (Å²) in [6, 6.07) is 7.44. The van der Waals surface area contributed by atoms with Gasteiger partial charge in [0.1, 0.15) is 16.1 Å². The molecule has 0 aliphatic rings. The lowest BCUT2D eigenvalue weighted by Crippen LogP contribution is -2.46. The predicted molar refractivity (Wildman–Crippen MR) is 142 cm³/mol. The lowest BCUT2D eigenvalue weighted by molar-refractivity contribution is 0.410. The summed E-state index contributed by atoms with van der Waals surface area (Å²) in [5.41, 5.74) is 3.79. The molecule has 0 spiro atoms. The Labute approximate surface area is 201 Å². The van der Waals surface area contributed by atoms with E-state index in [-0.39, 0.29) is 11.1 Å². The molecule has 0 bridgehead atoms. The number of fused-ring (bicyclic) bond motifs is 3. The Hall–Kier alpha value is -2.19. The molecular weight excluding hydrogens is 426 g/mol. The summed E-state index contributed by atoms with van der Waals surface area (Å²) in [7, 11) is -3.66. The molecule has 0 N–H and O–H groups in total. The topological polar surface area (TPSA) is 43.3 Å². The van der Waals surface area contributed by atoms with Crippen molar-refractivity contribution < 1.29 is 11.3 Å². The molecule has 4 rings (SSSR count). The fourth-order valence-electron chi connectivity index (χ4n) is 3.93. The summed E-state index contributed by atoms with van der Waals surface area (Å²) >= 11 is 0. The maximum Gasteiger partial charge on any atom is 0.223 e. The molecule has 0 aliphatic heterocycles. The van der Waals surface area contributed by atoms with E-state index in [4.69, 9.17) is 16.3 Å². The molecule has 0 saturated carbocycles. The first kappa shape index (κ1) is 17.3. The molecule has 0 atom stereocenters. The standard InChI is InChI=1S/C26H37N3OSi2/c1-17-16-27-20(14-18(17)15-26(2,3)4)19-12-11-13-21-22(19)30-24-23(31(5,6)7)28-25(29(21)24)32(8,9)10/h11-14,16H,15H2,1-10H3/i1D3,15D2. The number of hydrogen-bond acceptors (Lipinski definition) is 3. The second-order valence-electron chi connectivity index (χ2n) is 11.7. The van der Waals surface area contributed by atoms with E-state index in [2.05, 4.69) is 48.7 Å². The van der Waals surface area contributed by atoms with Crippen LogP contribution in [-0.2, 0) is 6.37 Å². The molecule has 6 heteroatoms. The van der Waals surface area contributed by atoms with Crippen molar-refractivity contribution in [3.8, 4) is 11.3 Å². The lowest BCUT2D eigenvalue weighted by Gasteiger charge is -2.20. The second kappa shape index (κ2) is 7.42. The number of rotatable bonds is 4. The molecule has 3 heterocycles. The van der Waals surface area contributed by atoms with Crippen molar-refractivity contribution in [3.63, 3.8) is 0 Å². The number of para-hydroxylation sites is 1. The second-order valence-corrected chi connectivity index (χ2v) is 21.6. The fourth-order valence-corrected chi connectivity index (χ4v) is 6.63. The van der Waals surface area contributed by atoms with Gasteiger partial charge in [0.15, 0.2) is 5.58 Å². The van der Waals surface area contributed by atoms with Crippen LogP contribution in [0.3, 0.4) is 0 Å². The molecule has 0 fully saturated rings. The van der Waals surface area contributed by atoms with E-state index in [1.54, 1.807) is 26.8 Å². The van der Waals surface area contributed by atoms with Crippen LogP contribution in [0.5, 0.6) is 0 Å². The molecule has 0 unspecified atom stereocenters. The largest absolute Gasteiger partial charge is 0.436 e. The highest BCUT2D eigenvalue weighted by molar-refractivity contribution is 6.91. The van der Waals surface area contributed by atoms with Crippen molar-refractivity contribution in [2.75, 3.05) is 0 Å². The Kier molecular flexibility index (Phi) is 4.01. The van der Waals surface area contributed by atoms with Gasteiger partial charge in [0.25, 0.3) is 0 Å². The minimum absolute atomic E-state index is 0.0674. The van der Waals surface area contributed by atoms with E-state index >= 15 is 0 Å². The monoisotopic (exact) mass is 468 g/mol. The molecule has 0 aliphatic carbocycles. The highest BCUT2D eigenvalue weighted by atomic mass is 28.3. The zero-order valence-electron chi connectivity index (χ0n) is 25.6. The number of benzene rings is 1. The van der Waals surface area contributed by atoms with Crippen LogP contribution in [-0.4, -0.2) is 30.5 Å². The number of nitrogens with zero attached hydrogens (tertiary/aromatic N) is 3. The van der Waals surface area contributed by atoms with Gasteiger partial charge in [-0.3, -0.25) is 9.38 Å². The zero-order chi connectivity index (χ0) is 27.9. The van der Waals surface area contributed by atoms with Gasteiger partial charge < -0.3 is 4.42 Å². The summed E-state index contributed by atoms with van der Waals surface area (Å²) in [6.45, 7) is 16.4. The Morgan fingerprint density at radius 2 is 1.81 bits per heavy atom. The van der Waals surface area contributed by atoms with Crippen LogP contribution in [0.4, 0.5) is 0 Å². The SMILES string of the molecule is [2H]C([2H])([2H])c1cnc(-c2cccc3c2oc2c([Si](C)(C)C)nc([Si](C)(C)C)n23)cc1C([2H])([2H])C(C)(C)C. The highest BCUT2D eigenvalue weighted by Gasteiger charge is 2.33. The number of oxazole rings is 1. The number of aromatic nitrogens is 3. The minimum atomic E-state index is -2.49. The van der Waals surface area contributed by atoms with E-state index in [1.807, 2.05) is 18.2 Å². The van der Waals surface area contributed by atoms with Crippen LogP contribution in [0.25, 0.3) is 28.1 Å². The summed E-state index contributed by atoms with van der Waals surface area (Å²) in [5.74, 6) is 0. The summed E-state index contributed by atoms with van der Waals surface area (Å²) in [5, 5.41) is 1.03. The lowest BCUT2D eigenvalue weighted by atomic mass is 9.86. The predicted octanol–water partition coefficient (Wildman–Crippen LogP) is 6.13. The quantitative estimate of drug-likeness (QED) is 0.338. The first-order valence-electron chi connectivity index (χ1n) is 13.6. The molecule has 3 aromatic heterocycles. The Balaban J connectivity index is 2.07. The third kappa shape index (κ3) is 4.10. The van der Waals surface area contributed by atoms with Crippen LogP contribution in [0.2, 0.25) is 39.3 Å². The van der Waals surface area contributed by atoms with Crippen LogP contribution in [0, 0.1) is 12.3 Å². The fraction of sp³-hybridized carbons (Fsp3) is 0.462. The van der Waals surface area contributed by atoms with Gasteiger partial charge in [-0.05, 0) is 48.0 Å². The number of aryl methyl sites for hydroxylation is 1. The van der Waals surface area contributed by atoms with Crippen LogP contribution >= 0.6 is 0 Å². The van der Waals surface area contributed by atoms with Crippen molar-refractivity contribution in [1.82, 2.24) is 14.4 Å². The number of pyridine rings is 1. The van der Waals surface area contributed by atoms with Gasteiger partial charge in [-0.15, -0.1) is 0 Å². The molecule has 0 amide bonds. The van der Waals surface area contributed by atoms with Crippen molar-refractivity contribution in [3.05, 3.63) is 41.6 Å². The summed E-state index contributed by atoms with van der Waals surface area (Å²) < 4.78 is 50.6. The Bertz CT molecular complexity index is 1500. The Morgan fingerprint density at radius 3 is 2.41 bits per heavy atom. The van der Waals surface area contributed by atoms with E-state index in [0.717, 1.165) is 22.0 Å². The van der Waals surface area contributed by atoms with Gasteiger partial charge in [-0.1, -0.05) is 66.1 Å². The average Bonchev–Trinajstić information content (AvgIpc) is 3.28. The molecule has 32 heavy (non-hydrogen) atoms. The van der Waals surface area contributed by atoms with Gasteiger partial charge in [0, 0.05) is 18.6 Å². The first-order valence-corrected chi connectivity index (χ1v) is 18.1. The van der Waals surface area contributed by atoms with E-state index < -0.39 is 34.8 Å². The van der Waals surface area contributed by atoms with Gasteiger partial charge in [-0.25, -0.2) is 4.98 Å². The van der Waals surface area contributed by atoms with E-state index in [0.29, 0.717) is 16.8 Å². The van der Waals surface area contributed by atoms with Gasteiger partial charge in [-0.2, -0.15) is 0 Å². The molecule has 1 aromatic carbocycles. The maximum absolute atomic E-state index is 8.88. The van der Waals surface area contributed by atoms with Crippen LogP contribution in [0.15, 0.2) is 34.9 Å². The van der Waals surface area contributed by atoms with E-state index in [1.165, 1.54) is 6.20 Å². The van der Waals surface area contributed by atoms with Crippen molar-refractivity contribution >= 4 is 43.7 Å². The molecular formula is C26H37N3OSi2. The normalized spacial score (nSPS) is 16.6. The summed E-state index contributed by atoms with van der Waals surface area (Å²) in [4.78, 5) is 9.65. The summed E-state index contributed by atoms with van der Waals surface area (Å²) in [6.07, 6.45) is -0.600. The van der Waals surface area contributed by atoms with E-state index in [9.17, 15) is 0 Å². The molecule has 0 saturated heterocycles. The Morgan fingerprint density at radius 1 is 1.09 bits per heavy atom. The van der Waals surface area contributed by atoms with Crippen molar-refractivity contribution in [2.24, 2.45) is 5.41 Å². The van der Waals surface area contributed by atoms with Gasteiger partial charge in [0.05, 0.1) is 22.0 Å². The van der Waals surface area contributed by atoms with Crippen molar-refractivity contribution in [1.29, 1.82) is 0 Å². The van der Waals surface area contributed by atoms with Crippen LogP contribution in [0.1, 0.15) is 38.8 Å². The molecule has 170 valence electrons. The van der Waals surface area contributed by atoms with Gasteiger partial charge >= 0.3 is 0 Å². The third-order valence-corrected chi connectivity index (χ3v) is 8.76. The minimum Gasteiger partial charge on any atom is -0.436 e. The smallest absolute Gasteiger partial charge is 0.223 e. The number of imidazole rings is 1. The van der Waals surface area contributed by atoms with Gasteiger partial charge in [0.2, 0.25) is 5.71 Å². The highest BCUT2D eigenvalue weighted by Crippen LogP contribution is 2.32. The zero-order valence-corrected chi connectivity index (χ0v) is 22.6. The van der Waals surface area contributed by atoms with Crippen LogP contribution < -0.4 is 10.8 Å². The molecule has 4 nitrogen and oxygen atoms in total. The van der Waals surface area contributed by atoms with Crippen molar-refractivity contribution in [2.45, 2.75) is 73.3 Å². The number of hydrogen-bond donors (Lipinski definition) is 0. The maximum atomic E-state index is 8.88. The first-order chi connectivity index (χ1) is 16.7. The average molecular weight is 469 g/mol. The molecule has 4 aromatic rings. The molecule has 0 radical (unpaired) electrons.